The van der Waals surface area contributed by atoms with Gasteiger partial charge in [0.05, 0.1) is 0 Å². The summed E-state index contributed by atoms with van der Waals surface area (Å²) in [7, 11) is 0. The first-order valence-corrected chi connectivity index (χ1v) is 4.70. The van der Waals surface area contributed by atoms with E-state index in [0.29, 0.717) is 5.70 Å². The Balaban J connectivity index is 0.000000791. The second-order valence-corrected chi connectivity index (χ2v) is 2.97. The fourth-order valence-corrected chi connectivity index (χ4v) is 1.41. The van der Waals surface area contributed by atoms with Gasteiger partial charge in [0.2, 0.25) is 0 Å². The first-order valence-electron chi connectivity index (χ1n) is 4.70. The van der Waals surface area contributed by atoms with Gasteiger partial charge in [-0.15, -0.1) is 13.2 Å². The standard InChI is InChI=1S/C11H15N.C2H4/c1-4-10-6-5-7-11(8(10)2)9(3)12;1-2/h5-7H,3-4,12H2,1-2H3;1-2H2. The Morgan fingerprint density at radius 2 is 1.93 bits per heavy atom. The van der Waals surface area contributed by atoms with Crippen LogP contribution in [0.25, 0.3) is 5.70 Å². The lowest BCUT2D eigenvalue weighted by Crippen LogP contribution is -1.99. The smallest absolute Gasteiger partial charge is 0.0317 e. The zero-order chi connectivity index (χ0) is 11.1. The molecule has 14 heavy (non-hydrogen) atoms. The highest BCUT2D eigenvalue weighted by atomic mass is 14.6. The molecule has 1 nitrogen and oxygen atoms in total. The second-order valence-electron chi connectivity index (χ2n) is 2.97. The molecule has 2 N–H and O–H groups in total. The van der Waals surface area contributed by atoms with Crippen molar-refractivity contribution >= 4 is 5.70 Å². The second kappa shape index (κ2) is 6.03. The Labute approximate surface area is 87.0 Å². The Kier molecular flexibility index (Phi) is 5.38. The summed E-state index contributed by atoms with van der Waals surface area (Å²) < 4.78 is 0. The van der Waals surface area contributed by atoms with Crippen LogP contribution >= 0.6 is 0 Å². The molecule has 1 aromatic rings. The quantitative estimate of drug-likeness (QED) is 0.710. The predicted molar refractivity (Wildman–Crippen MR) is 65.0 cm³/mol. The van der Waals surface area contributed by atoms with Crippen molar-refractivity contribution in [2.45, 2.75) is 20.3 Å². The minimum atomic E-state index is 0.655. The molecule has 0 aliphatic heterocycles. The maximum absolute atomic E-state index is 5.64. The topological polar surface area (TPSA) is 26.0 Å². The molecule has 1 rings (SSSR count). The molecule has 0 aliphatic carbocycles. The highest BCUT2D eigenvalue weighted by Crippen LogP contribution is 2.17. The highest BCUT2D eigenvalue weighted by Gasteiger charge is 2.02. The van der Waals surface area contributed by atoms with Crippen molar-refractivity contribution in [3.8, 4) is 0 Å². The Bertz CT molecular complexity index is 313. The lowest BCUT2D eigenvalue weighted by atomic mass is 9.99. The number of benzene rings is 1. The molecule has 0 aliphatic rings. The SMILES string of the molecule is C=C.C=C(N)c1cccc(CC)c1C. The van der Waals surface area contributed by atoms with Crippen LogP contribution in [0, 0.1) is 6.92 Å². The molecule has 0 atom stereocenters. The first kappa shape index (κ1) is 12.5. The fraction of sp³-hybridized carbons (Fsp3) is 0.231. The summed E-state index contributed by atoms with van der Waals surface area (Å²) >= 11 is 0. The van der Waals surface area contributed by atoms with Gasteiger partial charge < -0.3 is 5.73 Å². The van der Waals surface area contributed by atoms with Crippen molar-refractivity contribution in [3.63, 3.8) is 0 Å². The van der Waals surface area contributed by atoms with E-state index >= 15 is 0 Å². The van der Waals surface area contributed by atoms with E-state index in [4.69, 9.17) is 5.73 Å². The van der Waals surface area contributed by atoms with Gasteiger partial charge >= 0.3 is 0 Å². The number of aryl methyl sites for hydroxylation is 1. The van der Waals surface area contributed by atoms with Gasteiger partial charge in [-0.05, 0) is 30.0 Å². The van der Waals surface area contributed by atoms with Crippen molar-refractivity contribution < 1.29 is 0 Å². The minimum Gasteiger partial charge on any atom is -0.399 e. The van der Waals surface area contributed by atoms with Gasteiger partial charge in [0.1, 0.15) is 0 Å². The molecule has 0 unspecified atom stereocenters. The molecule has 0 heterocycles. The van der Waals surface area contributed by atoms with Crippen LogP contribution in [-0.2, 0) is 6.42 Å². The molecule has 1 heteroatoms. The minimum absolute atomic E-state index is 0.655. The summed E-state index contributed by atoms with van der Waals surface area (Å²) in [6, 6.07) is 6.16. The summed E-state index contributed by atoms with van der Waals surface area (Å²) in [6.07, 6.45) is 1.05. The van der Waals surface area contributed by atoms with Crippen LogP contribution in [0.15, 0.2) is 37.9 Å². The Morgan fingerprint density at radius 3 is 2.36 bits per heavy atom. The molecule has 0 aromatic heterocycles. The summed E-state index contributed by atoms with van der Waals surface area (Å²) in [5.41, 5.74) is 9.98. The Morgan fingerprint density at radius 1 is 1.36 bits per heavy atom. The third-order valence-electron chi connectivity index (χ3n) is 2.17. The van der Waals surface area contributed by atoms with Crippen LogP contribution in [0.5, 0.6) is 0 Å². The largest absolute Gasteiger partial charge is 0.399 e. The third kappa shape index (κ3) is 2.77. The molecular formula is C13H19N. The van der Waals surface area contributed by atoms with E-state index < -0.39 is 0 Å². The van der Waals surface area contributed by atoms with Gasteiger partial charge in [0, 0.05) is 5.70 Å². The van der Waals surface area contributed by atoms with Gasteiger partial charge in [0.25, 0.3) is 0 Å². The summed E-state index contributed by atoms with van der Waals surface area (Å²) in [5.74, 6) is 0. The fourth-order valence-electron chi connectivity index (χ4n) is 1.41. The van der Waals surface area contributed by atoms with Crippen LogP contribution in [-0.4, -0.2) is 0 Å². The van der Waals surface area contributed by atoms with E-state index in [1.54, 1.807) is 0 Å². The number of nitrogens with two attached hydrogens (primary N) is 1. The van der Waals surface area contributed by atoms with Crippen molar-refractivity contribution in [2.24, 2.45) is 5.73 Å². The normalized spacial score (nSPS) is 8.71. The van der Waals surface area contributed by atoms with E-state index in [9.17, 15) is 0 Å². The predicted octanol–water partition coefficient (Wildman–Crippen LogP) is 3.29. The van der Waals surface area contributed by atoms with Crippen LogP contribution in [0.1, 0.15) is 23.6 Å². The maximum atomic E-state index is 5.64. The molecule has 0 saturated heterocycles. The zero-order valence-electron chi connectivity index (χ0n) is 9.14. The van der Waals surface area contributed by atoms with Crippen molar-refractivity contribution in [1.82, 2.24) is 0 Å². The van der Waals surface area contributed by atoms with E-state index in [2.05, 4.69) is 39.7 Å². The molecule has 76 valence electrons. The highest BCUT2D eigenvalue weighted by molar-refractivity contribution is 5.64. The maximum Gasteiger partial charge on any atom is 0.0317 e. The van der Waals surface area contributed by atoms with E-state index in [1.807, 2.05) is 12.1 Å². The third-order valence-corrected chi connectivity index (χ3v) is 2.17. The monoisotopic (exact) mass is 189 g/mol. The molecule has 0 saturated carbocycles. The molecule has 0 spiro atoms. The Hall–Kier alpha value is -1.50. The first-order chi connectivity index (χ1) is 6.66. The van der Waals surface area contributed by atoms with E-state index in [0.717, 1.165) is 12.0 Å². The number of rotatable bonds is 2. The van der Waals surface area contributed by atoms with Crippen molar-refractivity contribution in [1.29, 1.82) is 0 Å². The summed E-state index contributed by atoms with van der Waals surface area (Å²) in [6.45, 7) is 14.0. The summed E-state index contributed by atoms with van der Waals surface area (Å²) in [4.78, 5) is 0. The lowest BCUT2D eigenvalue weighted by molar-refractivity contribution is 1.10. The molecule has 0 bridgehead atoms. The average molecular weight is 189 g/mol. The van der Waals surface area contributed by atoms with Gasteiger partial charge in [-0.3, -0.25) is 0 Å². The van der Waals surface area contributed by atoms with Gasteiger partial charge in [-0.25, -0.2) is 0 Å². The van der Waals surface area contributed by atoms with Crippen LogP contribution in [0.4, 0.5) is 0 Å². The molecule has 0 amide bonds. The summed E-state index contributed by atoms with van der Waals surface area (Å²) in [5, 5.41) is 0. The lowest BCUT2D eigenvalue weighted by Gasteiger charge is -2.08. The van der Waals surface area contributed by atoms with Gasteiger partial charge in [-0.2, -0.15) is 0 Å². The van der Waals surface area contributed by atoms with E-state index in [-0.39, 0.29) is 0 Å². The van der Waals surface area contributed by atoms with Gasteiger partial charge in [0.15, 0.2) is 0 Å². The molecule has 0 radical (unpaired) electrons. The van der Waals surface area contributed by atoms with Crippen molar-refractivity contribution in [3.05, 3.63) is 54.6 Å². The van der Waals surface area contributed by atoms with Crippen LogP contribution in [0.2, 0.25) is 0 Å². The number of hydrogen-bond acceptors (Lipinski definition) is 1. The zero-order valence-corrected chi connectivity index (χ0v) is 9.14. The van der Waals surface area contributed by atoms with Crippen LogP contribution in [0.3, 0.4) is 0 Å². The van der Waals surface area contributed by atoms with E-state index in [1.165, 1.54) is 11.1 Å². The number of hydrogen-bond donors (Lipinski definition) is 1. The average Bonchev–Trinajstić information content (AvgIpc) is 2.21. The van der Waals surface area contributed by atoms with Crippen LogP contribution < -0.4 is 5.73 Å². The van der Waals surface area contributed by atoms with Gasteiger partial charge in [-0.1, -0.05) is 31.7 Å². The molecule has 1 aromatic carbocycles. The molecular weight excluding hydrogens is 170 g/mol. The van der Waals surface area contributed by atoms with Crippen molar-refractivity contribution in [2.75, 3.05) is 0 Å². The molecule has 0 fully saturated rings.